The molecule has 6 aromatic carbocycles. The summed E-state index contributed by atoms with van der Waals surface area (Å²) in [6.45, 7) is 8.07. The van der Waals surface area contributed by atoms with Crippen molar-refractivity contribution in [3.8, 4) is 34.8 Å². The molecule has 13 atom stereocenters. The number of aliphatic hydroxyl groups is 3. The molecule has 13 heteroatoms. The fraction of sp³-hybridized carbons (Fsp3) is 0.432. The number of nitrogens with one attached hydrogen (secondary N) is 4. The van der Waals surface area contributed by atoms with Crippen LogP contribution in [0.5, 0.6) is 23.0 Å². The van der Waals surface area contributed by atoms with E-state index in [9.17, 15) is 35.4 Å². The third-order valence-electron chi connectivity index (χ3n) is 21.6. The van der Waals surface area contributed by atoms with Crippen molar-refractivity contribution < 1.29 is 45.0 Å². The zero-order valence-corrected chi connectivity index (χ0v) is 54.9. The molecule has 3 aliphatic carbocycles. The fourth-order valence-corrected chi connectivity index (χ4v) is 16.6. The van der Waals surface area contributed by atoms with Gasteiger partial charge >= 0.3 is 0 Å². The molecule has 94 heavy (non-hydrogen) atoms. The molecule has 9 bridgehead atoms. The molecule has 12 rings (SSSR count). The summed E-state index contributed by atoms with van der Waals surface area (Å²) in [5.41, 5.74) is 11.6. The zero-order chi connectivity index (χ0) is 65.6. The van der Waals surface area contributed by atoms with E-state index in [0.29, 0.717) is 87.4 Å². The average Bonchev–Trinajstić information content (AvgIpc) is 0.837. The van der Waals surface area contributed by atoms with Gasteiger partial charge in [0.2, 0.25) is 0 Å². The Hall–Kier alpha value is -8.12. The summed E-state index contributed by atoms with van der Waals surface area (Å²) in [4.78, 5) is 33.6. The lowest BCUT2D eigenvalue weighted by atomic mass is 9.69. The van der Waals surface area contributed by atoms with Gasteiger partial charge in [0.25, 0.3) is 0 Å². The predicted octanol–water partition coefficient (Wildman–Crippen LogP) is 13.4. The maximum Gasteiger partial charge on any atom is 0.173 e. The van der Waals surface area contributed by atoms with Crippen molar-refractivity contribution in [2.75, 3.05) is 32.1 Å². The maximum atomic E-state index is 15.5. The number of Topliss-reactive ketones (excluding diaryl/α,β-unsaturated/α-hetero) is 2. The molecule has 2 aliphatic heterocycles. The number of ether oxygens (including phenoxy) is 1. The molecule has 0 spiro atoms. The number of benzene rings is 6. The Morgan fingerprint density at radius 3 is 2.34 bits per heavy atom. The van der Waals surface area contributed by atoms with Gasteiger partial charge in [-0.25, -0.2) is 0 Å². The smallest absolute Gasteiger partial charge is 0.173 e. The van der Waals surface area contributed by atoms with E-state index in [2.05, 4.69) is 120 Å². The molecule has 0 saturated heterocycles. The molecule has 1 aromatic heterocycles. The number of aryl methyl sites for hydroxylation is 1. The molecule has 2 saturated carbocycles. The van der Waals surface area contributed by atoms with Crippen LogP contribution in [0.1, 0.15) is 158 Å². The van der Waals surface area contributed by atoms with Gasteiger partial charge in [0, 0.05) is 73.7 Å². The molecule has 492 valence electrons. The van der Waals surface area contributed by atoms with E-state index in [1.54, 1.807) is 18.2 Å². The number of aromatic nitrogens is 1. The van der Waals surface area contributed by atoms with Crippen LogP contribution in [0.2, 0.25) is 0 Å². The Bertz CT molecular complexity index is 3970. The van der Waals surface area contributed by atoms with Gasteiger partial charge in [-0.2, -0.15) is 0 Å². The first-order valence-corrected chi connectivity index (χ1v) is 34.5. The Morgan fingerprint density at radius 1 is 0.734 bits per heavy atom. The van der Waals surface area contributed by atoms with Gasteiger partial charge in [-0.3, -0.25) is 9.59 Å². The molecule has 5 aliphatic rings. The quantitative estimate of drug-likeness (QED) is 0.0483. The summed E-state index contributed by atoms with van der Waals surface area (Å²) < 4.78 is 5.71. The first-order chi connectivity index (χ1) is 45.5. The molecule has 13 unspecified atom stereocenters. The number of β-amino-alcohol motifs (C(OH)–C–C–N with tert-alkyl or cyclic N) is 1. The number of hydrogen-bond acceptors (Lipinski definition) is 12. The summed E-state index contributed by atoms with van der Waals surface area (Å²) in [6.07, 6.45) is 11.7. The van der Waals surface area contributed by atoms with Crippen LogP contribution < -0.4 is 20.7 Å². The van der Waals surface area contributed by atoms with Gasteiger partial charge in [-0.1, -0.05) is 124 Å². The van der Waals surface area contributed by atoms with Crippen LogP contribution in [0.3, 0.4) is 0 Å². The maximum absolute atomic E-state index is 15.5. The van der Waals surface area contributed by atoms with Crippen LogP contribution >= 0.6 is 0 Å². The first kappa shape index (κ1) is 65.9. The van der Waals surface area contributed by atoms with E-state index in [4.69, 9.17) is 4.74 Å². The summed E-state index contributed by atoms with van der Waals surface area (Å²) >= 11 is 0. The van der Waals surface area contributed by atoms with Crippen molar-refractivity contribution in [2.45, 2.75) is 153 Å². The Kier molecular flexibility index (Phi) is 20.8. The minimum atomic E-state index is -1.88. The number of hydrogen-bond donors (Lipinski definition) is 10. The standard InChI is InChI=1S/C81H94N4O9/c1-5-12-67-60-34-53(30-52-27-28-83-78(36-52)85-73-43-72-57(37-61(73)31-50-13-7-6-8-14-50)21-22-59(79(72)91)39-65(87)47-82-45-49(3)62-38-63(84-46-62)42-75(67)89)33-56-23-25-69(70-44-76(90)77(94-4)41-58(70)24-26-74(88)81(93)80(92)71(56)40-60)68-18-10-9-17-66(68)55-20-19-54(48(2)29-55)32-51-15-11-16-64(86)35-51/h6-11,13-18,21-22,27,35-38,41,43-44,46,48-49,53-56,60,65,67,69,71,75,81-87,89-91,93H,5,12,19-20,24,26,28-34,39-40,42,45,47H2,1-4H3. The van der Waals surface area contributed by atoms with Crippen molar-refractivity contribution in [1.82, 2.24) is 15.6 Å². The molecule has 13 nitrogen and oxygen atoms in total. The van der Waals surface area contributed by atoms with Crippen molar-refractivity contribution in [1.29, 1.82) is 0 Å². The number of phenols is 3. The first-order valence-electron chi connectivity index (χ1n) is 34.5. The largest absolute Gasteiger partial charge is 0.508 e. The van der Waals surface area contributed by atoms with Crippen LogP contribution in [-0.2, 0) is 41.7 Å². The number of aromatic amines is 1. The lowest BCUT2D eigenvalue weighted by molar-refractivity contribution is -0.142. The third-order valence-corrected chi connectivity index (χ3v) is 21.6. The second-order valence-electron chi connectivity index (χ2n) is 28.1. The molecule has 10 N–H and O–H groups in total. The highest BCUT2D eigenvalue weighted by molar-refractivity contribution is 6.06. The lowest BCUT2D eigenvalue weighted by Gasteiger charge is -2.36. The van der Waals surface area contributed by atoms with Crippen molar-refractivity contribution in [2.24, 2.45) is 41.4 Å². The molecule has 0 radical (unpaired) electrons. The topological polar surface area (TPSA) is 217 Å². The highest BCUT2D eigenvalue weighted by Crippen LogP contribution is 2.48. The molecular formula is C81H94N4O9. The Labute approximate surface area is 554 Å². The van der Waals surface area contributed by atoms with E-state index in [1.807, 2.05) is 54.7 Å². The van der Waals surface area contributed by atoms with Gasteiger partial charge in [0.15, 0.2) is 29.2 Å². The van der Waals surface area contributed by atoms with Gasteiger partial charge in [-0.15, -0.1) is 0 Å². The van der Waals surface area contributed by atoms with Gasteiger partial charge in [0.1, 0.15) is 17.3 Å². The number of carbonyl (C=O) groups is 2. The van der Waals surface area contributed by atoms with E-state index in [0.717, 1.165) is 99.2 Å². The highest BCUT2D eigenvalue weighted by atomic mass is 16.5. The van der Waals surface area contributed by atoms with E-state index in [-0.39, 0.29) is 71.9 Å². The zero-order valence-electron chi connectivity index (χ0n) is 54.9. The van der Waals surface area contributed by atoms with Gasteiger partial charge < -0.3 is 56.3 Å². The number of rotatable bonds is 9. The summed E-state index contributed by atoms with van der Waals surface area (Å²) in [6, 6.07) is 40.2. The number of methoxy groups -OCH3 is 1. The number of fused-ring (bicyclic) bond motifs is 9. The second-order valence-corrected chi connectivity index (χ2v) is 28.1. The second kappa shape index (κ2) is 29.7. The Morgan fingerprint density at radius 2 is 1.54 bits per heavy atom. The van der Waals surface area contributed by atoms with Crippen LogP contribution in [-0.4, -0.2) is 92.2 Å². The van der Waals surface area contributed by atoms with Gasteiger partial charge in [0.05, 0.1) is 25.2 Å². The van der Waals surface area contributed by atoms with Crippen LogP contribution in [0.15, 0.2) is 151 Å². The van der Waals surface area contributed by atoms with E-state index in [1.165, 1.54) is 12.7 Å². The molecule has 7 aromatic rings. The summed E-state index contributed by atoms with van der Waals surface area (Å²) in [5, 5.41) is 82.9. The summed E-state index contributed by atoms with van der Waals surface area (Å²) in [5.74, 6) is 6.60. The van der Waals surface area contributed by atoms with Gasteiger partial charge in [-0.05, 0) is 222 Å². The van der Waals surface area contributed by atoms with Crippen molar-refractivity contribution in [3.05, 3.63) is 207 Å². The normalized spacial score (nSPS) is 27.2. The van der Waals surface area contributed by atoms with Crippen molar-refractivity contribution >= 4 is 28.0 Å². The van der Waals surface area contributed by atoms with Crippen molar-refractivity contribution in [3.63, 3.8) is 0 Å². The number of anilines is 1. The minimum Gasteiger partial charge on any atom is -0.508 e. The Balaban J connectivity index is 0.958. The minimum absolute atomic E-state index is 0.0450. The average molecular weight is 1270 g/mol. The highest BCUT2D eigenvalue weighted by Gasteiger charge is 2.44. The van der Waals surface area contributed by atoms with Crippen LogP contribution in [0, 0.1) is 53.3 Å². The molecule has 0 amide bonds. The molecule has 2 fully saturated rings. The lowest BCUT2D eigenvalue weighted by Crippen LogP contribution is -2.40. The molecule has 3 heterocycles. The number of phenolic OH excluding ortho intramolecular Hbond substituents is 3. The number of carbonyl (C=O) groups excluding carboxylic acids is 2. The number of H-pyrrole nitrogens is 1. The monoisotopic (exact) mass is 1270 g/mol. The number of aliphatic hydroxyl groups excluding tert-OH is 3. The SMILES string of the molecule is CCCC1C(O)Cc2cc(c[nH]2)C(C)CNCC(O)Cc2ccc3cc(Cc4ccccc4)c(cc3c2O)NC2=CC(=CCN2)CC2CC3C#CC(c4ccccc4C4CCC(Cc5cccc(O)c5)C(C)C4)c4cc(O)c(OC)cc4CCC(=O)C(O)C(=O)C3CC1C2. The number of allylic oxidation sites excluding steroid dienone is 2. The van der Waals surface area contributed by atoms with E-state index < -0.39 is 47.6 Å². The predicted molar refractivity (Wildman–Crippen MR) is 371 cm³/mol. The van der Waals surface area contributed by atoms with Crippen LogP contribution in [0.25, 0.3) is 10.8 Å². The van der Waals surface area contributed by atoms with E-state index >= 15 is 4.79 Å². The fourth-order valence-electron chi connectivity index (χ4n) is 16.6. The number of dihydropyridines is 1. The number of ketones is 2. The van der Waals surface area contributed by atoms with Crippen LogP contribution in [0.4, 0.5) is 5.69 Å². The molecular weight excluding hydrogens is 1170 g/mol. The summed E-state index contributed by atoms with van der Waals surface area (Å²) in [7, 11) is 1.50. The number of aromatic hydroxyl groups is 3. The third kappa shape index (κ3) is 15.2.